The molecule has 0 aliphatic heterocycles. The van der Waals surface area contributed by atoms with Gasteiger partial charge in [-0.2, -0.15) is 0 Å². The van der Waals surface area contributed by atoms with E-state index in [9.17, 15) is 29.1 Å². The predicted octanol–water partition coefficient (Wildman–Crippen LogP) is 0.741. The molecule has 1 aromatic heterocycles. The molecule has 12 heteroatoms. The summed E-state index contributed by atoms with van der Waals surface area (Å²) in [7, 11) is 0. The fourth-order valence-electron chi connectivity index (χ4n) is 4.62. The van der Waals surface area contributed by atoms with Crippen LogP contribution in [0.25, 0.3) is 10.9 Å². The Bertz CT molecular complexity index is 1410. The molecule has 12 nitrogen and oxygen atoms in total. The predicted molar refractivity (Wildman–Crippen MR) is 157 cm³/mol. The van der Waals surface area contributed by atoms with E-state index in [1.54, 1.807) is 20.0 Å². The van der Waals surface area contributed by atoms with Crippen LogP contribution in [0.5, 0.6) is 0 Å². The highest BCUT2D eigenvalue weighted by atomic mass is 16.4. The number of aliphatic carboxylic acids is 1. The van der Waals surface area contributed by atoms with Crippen LogP contribution in [0.4, 0.5) is 0 Å². The second-order valence-corrected chi connectivity index (χ2v) is 10.7. The van der Waals surface area contributed by atoms with Crippen molar-refractivity contribution in [3.05, 3.63) is 71.9 Å². The quantitative estimate of drug-likeness (QED) is 0.137. The Labute approximate surface area is 243 Å². The molecule has 3 aromatic rings. The summed E-state index contributed by atoms with van der Waals surface area (Å²) in [5.41, 5.74) is 13.9. The number of aromatic amines is 1. The molecule has 0 saturated carbocycles. The lowest BCUT2D eigenvalue weighted by Crippen LogP contribution is -2.58. The lowest BCUT2D eigenvalue weighted by Gasteiger charge is -2.25. The number of carboxylic acids is 1. The molecule has 0 spiro atoms. The second kappa shape index (κ2) is 14.8. The molecule has 4 atom stereocenters. The van der Waals surface area contributed by atoms with Gasteiger partial charge in [0.2, 0.25) is 23.6 Å². The molecule has 0 bridgehead atoms. The summed E-state index contributed by atoms with van der Waals surface area (Å²) >= 11 is 0. The van der Waals surface area contributed by atoms with Crippen LogP contribution >= 0.6 is 0 Å². The van der Waals surface area contributed by atoms with Gasteiger partial charge in [-0.25, -0.2) is 4.79 Å². The van der Waals surface area contributed by atoms with Crippen LogP contribution in [0.3, 0.4) is 0 Å². The van der Waals surface area contributed by atoms with Crippen molar-refractivity contribution in [1.29, 1.82) is 0 Å². The number of nitrogens with one attached hydrogen (secondary N) is 4. The molecular formula is C30H38N6O6. The highest BCUT2D eigenvalue weighted by Gasteiger charge is 2.32. The average molecular weight is 579 g/mol. The Balaban J connectivity index is 1.83. The first-order valence-electron chi connectivity index (χ1n) is 13.7. The second-order valence-electron chi connectivity index (χ2n) is 10.7. The van der Waals surface area contributed by atoms with Gasteiger partial charge in [-0.15, -0.1) is 0 Å². The van der Waals surface area contributed by atoms with E-state index in [4.69, 9.17) is 11.5 Å². The average Bonchev–Trinajstić information content (AvgIpc) is 3.34. The maximum atomic E-state index is 13.6. The summed E-state index contributed by atoms with van der Waals surface area (Å²) in [6.07, 6.45) is 1.55. The summed E-state index contributed by atoms with van der Waals surface area (Å²) in [5, 5.41) is 17.9. The number of benzene rings is 2. The summed E-state index contributed by atoms with van der Waals surface area (Å²) in [6, 6.07) is 11.7. The molecule has 4 amide bonds. The fourth-order valence-corrected chi connectivity index (χ4v) is 4.62. The number of primary amides is 1. The van der Waals surface area contributed by atoms with E-state index < -0.39 is 60.2 Å². The Morgan fingerprint density at radius 1 is 0.810 bits per heavy atom. The monoisotopic (exact) mass is 578 g/mol. The molecule has 224 valence electrons. The summed E-state index contributed by atoms with van der Waals surface area (Å²) in [4.78, 5) is 66.4. The van der Waals surface area contributed by atoms with E-state index in [1.807, 2.05) is 54.6 Å². The van der Waals surface area contributed by atoms with Gasteiger partial charge in [-0.05, 0) is 36.0 Å². The normalized spacial score (nSPS) is 14.0. The molecule has 42 heavy (non-hydrogen) atoms. The standard InChI is InChI=1S/C30H38N6O6/c1-17(2)12-25(30(41)42)36-29(40)24(15-26(32)37)35-28(39)23(14-19-16-33-22-11-7-6-10-20(19)22)34-27(38)21(31)13-18-8-4-3-5-9-18/h3-11,16-17,21,23-25,33H,12-15,31H2,1-2H3,(H2,32,37)(H,34,38)(H,35,39)(H,36,40)(H,41,42). The van der Waals surface area contributed by atoms with E-state index in [-0.39, 0.29) is 25.2 Å². The third-order valence-corrected chi connectivity index (χ3v) is 6.73. The molecule has 0 aliphatic rings. The van der Waals surface area contributed by atoms with Gasteiger partial charge < -0.3 is 37.5 Å². The highest BCUT2D eigenvalue weighted by molar-refractivity contribution is 5.96. The lowest BCUT2D eigenvalue weighted by atomic mass is 10.0. The van der Waals surface area contributed by atoms with Crippen LogP contribution in [-0.4, -0.2) is 63.9 Å². The van der Waals surface area contributed by atoms with Gasteiger partial charge >= 0.3 is 5.97 Å². The largest absolute Gasteiger partial charge is 0.480 e. The third kappa shape index (κ3) is 9.16. The highest BCUT2D eigenvalue weighted by Crippen LogP contribution is 2.19. The molecule has 2 aromatic carbocycles. The van der Waals surface area contributed by atoms with E-state index in [1.165, 1.54) is 0 Å². The number of aromatic nitrogens is 1. The van der Waals surface area contributed by atoms with E-state index in [2.05, 4.69) is 20.9 Å². The SMILES string of the molecule is CC(C)CC(NC(=O)C(CC(N)=O)NC(=O)C(Cc1c[nH]c2ccccc12)NC(=O)C(N)Cc1ccccc1)C(=O)O. The van der Waals surface area contributed by atoms with Crippen LogP contribution in [-0.2, 0) is 36.8 Å². The van der Waals surface area contributed by atoms with Gasteiger partial charge in [0, 0.05) is 23.5 Å². The number of carbonyl (C=O) groups is 5. The Morgan fingerprint density at radius 2 is 1.40 bits per heavy atom. The van der Waals surface area contributed by atoms with Crippen molar-refractivity contribution in [3.8, 4) is 0 Å². The van der Waals surface area contributed by atoms with E-state index in [0.717, 1.165) is 22.0 Å². The zero-order valence-electron chi connectivity index (χ0n) is 23.6. The number of carboxylic acid groups (broad SMARTS) is 1. The number of para-hydroxylation sites is 1. The molecule has 0 saturated heterocycles. The fraction of sp³-hybridized carbons (Fsp3) is 0.367. The Hall–Kier alpha value is -4.71. The molecule has 0 radical (unpaired) electrons. The smallest absolute Gasteiger partial charge is 0.326 e. The minimum absolute atomic E-state index is 0.0374. The van der Waals surface area contributed by atoms with Crippen molar-refractivity contribution in [2.24, 2.45) is 17.4 Å². The zero-order valence-corrected chi connectivity index (χ0v) is 23.6. The van der Waals surface area contributed by atoms with Gasteiger partial charge in [-0.1, -0.05) is 62.4 Å². The van der Waals surface area contributed by atoms with Crippen molar-refractivity contribution < 1.29 is 29.1 Å². The number of nitrogens with two attached hydrogens (primary N) is 2. The van der Waals surface area contributed by atoms with E-state index >= 15 is 0 Å². The van der Waals surface area contributed by atoms with Crippen LogP contribution in [0.1, 0.15) is 37.8 Å². The first-order chi connectivity index (χ1) is 19.9. The van der Waals surface area contributed by atoms with Crippen LogP contribution in [0, 0.1) is 5.92 Å². The molecule has 1 heterocycles. The molecule has 4 unspecified atom stereocenters. The number of hydrogen-bond donors (Lipinski definition) is 7. The van der Waals surface area contributed by atoms with Crippen molar-refractivity contribution in [2.75, 3.05) is 0 Å². The van der Waals surface area contributed by atoms with Gasteiger partial charge in [-0.3, -0.25) is 19.2 Å². The van der Waals surface area contributed by atoms with Crippen LogP contribution in [0.15, 0.2) is 60.8 Å². The molecular weight excluding hydrogens is 540 g/mol. The maximum absolute atomic E-state index is 13.6. The number of amides is 4. The van der Waals surface area contributed by atoms with Crippen LogP contribution in [0.2, 0.25) is 0 Å². The van der Waals surface area contributed by atoms with Crippen molar-refractivity contribution in [1.82, 2.24) is 20.9 Å². The minimum atomic E-state index is -1.47. The first-order valence-corrected chi connectivity index (χ1v) is 13.7. The van der Waals surface area contributed by atoms with Gasteiger partial charge in [0.1, 0.15) is 18.1 Å². The van der Waals surface area contributed by atoms with E-state index in [0.29, 0.717) is 0 Å². The summed E-state index contributed by atoms with van der Waals surface area (Å²) < 4.78 is 0. The summed E-state index contributed by atoms with van der Waals surface area (Å²) in [5.74, 6) is -4.42. The Kier molecular flexibility index (Phi) is 11.2. The van der Waals surface area contributed by atoms with Gasteiger partial charge in [0.05, 0.1) is 12.5 Å². The molecule has 9 N–H and O–H groups in total. The minimum Gasteiger partial charge on any atom is -0.480 e. The summed E-state index contributed by atoms with van der Waals surface area (Å²) in [6.45, 7) is 3.59. The topological polar surface area (TPSA) is 209 Å². The molecule has 0 aliphatic carbocycles. The number of hydrogen-bond acceptors (Lipinski definition) is 6. The zero-order chi connectivity index (χ0) is 30.8. The van der Waals surface area contributed by atoms with Crippen molar-refractivity contribution >= 4 is 40.5 Å². The third-order valence-electron chi connectivity index (χ3n) is 6.73. The van der Waals surface area contributed by atoms with Gasteiger partial charge in [0.15, 0.2) is 0 Å². The first kappa shape index (κ1) is 31.8. The van der Waals surface area contributed by atoms with Crippen LogP contribution < -0.4 is 27.4 Å². The number of fused-ring (bicyclic) bond motifs is 1. The van der Waals surface area contributed by atoms with Gasteiger partial charge in [0.25, 0.3) is 0 Å². The number of rotatable bonds is 15. The lowest BCUT2D eigenvalue weighted by molar-refractivity contribution is -0.143. The molecule has 0 fully saturated rings. The Morgan fingerprint density at radius 3 is 2.05 bits per heavy atom. The van der Waals surface area contributed by atoms with Crippen molar-refractivity contribution in [3.63, 3.8) is 0 Å². The van der Waals surface area contributed by atoms with Crippen molar-refractivity contribution in [2.45, 2.75) is 63.7 Å². The maximum Gasteiger partial charge on any atom is 0.326 e. The number of H-pyrrole nitrogens is 1. The number of carbonyl (C=O) groups excluding carboxylic acids is 4. The molecule has 3 rings (SSSR count).